The van der Waals surface area contributed by atoms with Crippen molar-refractivity contribution in [2.45, 2.75) is 65.0 Å². The number of hydrogen-bond donors (Lipinski definition) is 1. The van der Waals surface area contributed by atoms with Crippen LogP contribution in [-0.2, 0) is 6.42 Å². The molecule has 20 heavy (non-hydrogen) atoms. The third-order valence-electron chi connectivity index (χ3n) is 4.34. The third-order valence-corrected chi connectivity index (χ3v) is 4.34. The van der Waals surface area contributed by atoms with Crippen LogP contribution < -0.4 is 10.1 Å². The van der Waals surface area contributed by atoms with Crippen molar-refractivity contribution in [2.24, 2.45) is 5.92 Å². The molecule has 1 aromatic rings. The van der Waals surface area contributed by atoms with E-state index in [9.17, 15) is 0 Å². The molecule has 1 aliphatic carbocycles. The molecule has 1 aromatic carbocycles. The van der Waals surface area contributed by atoms with E-state index in [2.05, 4.69) is 50.4 Å². The van der Waals surface area contributed by atoms with E-state index in [0.29, 0.717) is 12.1 Å². The van der Waals surface area contributed by atoms with Crippen molar-refractivity contribution in [2.75, 3.05) is 6.54 Å². The van der Waals surface area contributed by atoms with Crippen LogP contribution in [0.3, 0.4) is 0 Å². The highest BCUT2D eigenvalue weighted by atomic mass is 16.5. The number of benzene rings is 1. The largest absolute Gasteiger partial charge is 0.489 e. The fourth-order valence-electron chi connectivity index (χ4n) is 3.10. The first-order chi connectivity index (χ1) is 9.74. The Labute approximate surface area is 123 Å². The van der Waals surface area contributed by atoms with Gasteiger partial charge in [0.25, 0.3) is 0 Å². The molecule has 0 amide bonds. The minimum Gasteiger partial charge on any atom is -0.489 e. The molecule has 2 nitrogen and oxygen atoms in total. The van der Waals surface area contributed by atoms with Crippen LogP contribution in [0.2, 0.25) is 0 Å². The molecule has 1 saturated carbocycles. The number of ether oxygens (including phenoxy) is 1. The zero-order valence-electron chi connectivity index (χ0n) is 13.2. The van der Waals surface area contributed by atoms with Gasteiger partial charge in [0.05, 0.1) is 0 Å². The van der Waals surface area contributed by atoms with Gasteiger partial charge in [0.2, 0.25) is 0 Å². The summed E-state index contributed by atoms with van der Waals surface area (Å²) in [4.78, 5) is 0. The highest BCUT2D eigenvalue weighted by molar-refractivity contribution is 5.33. The van der Waals surface area contributed by atoms with Crippen molar-refractivity contribution in [3.63, 3.8) is 0 Å². The van der Waals surface area contributed by atoms with E-state index in [1.807, 2.05) is 0 Å². The molecule has 2 heteroatoms. The number of hydrogen-bond acceptors (Lipinski definition) is 2. The maximum absolute atomic E-state index is 6.39. The van der Waals surface area contributed by atoms with Crippen molar-refractivity contribution in [3.05, 3.63) is 29.8 Å². The molecular weight excluding hydrogens is 246 g/mol. The standard InChI is InChI=1S/C18H29NO/c1-4-12-19-16-11-10-14(3)13-18(16)20-17-9-7-6-8-15(17)5-2/h6-9,14,16,18-19H,4-5,10-13H2,1-3H3. The van der Waals surface area contributed by atoms with Crippen LogP contribution in [-0.4, -0.2) is 18.7 Å². The molecule has 1 fully saturated rings. The molecular formula is C18H29NO. The zero-order chi connectivity index (χ0) is 14.4. The van der Waals surface area contributed by atoms with Crippen molar-refractivity contribution in [1.82, 2.24) is 5.32 Å². The predicted octanol–water partition coefficient (Wildman–Crippen LogP) is 4.18. The Hall–Kier alpha value is -1.02. The van der Waals surface area contributed by atoms with E-state index in [1.54, 1.807) is 0 Å². The molecule has 0 radical (unpaired) electrons. The number of nitrogens with one attached hydrogen (secondary N) is 1. The minimum atomic E-state index is 0.318. The second kappa shape index (κ2) is 7.68. The molecule has 0 aliphatic heterocycles. The maximum Gasteiger partial charge on any atom is 0.122 e. The summed E-state index contributed by atoms with van der Waals surface area (Å²) in [6, 6.07) is 8.98. The Morgan fingerprint density at radius 3 is 2.75 bits per heavy atom. The second-order valence-corrected chi connectivity index (χ2v) is 6.10. The van der Waals surface area contributed by atoms with E-state index in [1.165, 1.54) is 31.2 Å². The molecule has 0 aromatic heterocycles. The SMILES string of the molecule is CCCNC1CCC(C)CC1Oc1ccccc1CC. The first-order valence-electron chi connectivity index (χ1n) is 8.22. The number of aryl methyl sites for hydroxylation is 1. The second-order valence-electron chi connectivity index (χ2n) is 6.10. The monoisotopic (exact) mass is 275 g/mol. The van der Waals surface area contributed by atoms with E-state index in [-0.39, 0.29) is 0 Å². The molecule has 0 spiro atoms. The number of para-hydroxylation sites is 1. The van der Waals surface area contributed by atoms with E-state index in [4.69, 9.17) is 4.74 Å². The fourth-order valence-corrected chi connectivity index (χ4v) is 3.10. The highest BCUT2D eigenvalue weighted by Gasteiger charge is 2.30. The molecule has 0 bridgehead atoms. The maximum atomic E-state index is 6.39. The Morgan fingerprint density at radius 1 is 1.20 bits per heavy atom. The third kappa shape index (κ3) is 3.99. The lowest BCUT2D eigenvalue weighted by atomic mass is 9.85. The summed E-state index contributed by atoms with van der Waals surface area (Å²) >= 11 is 0. The Bertz CT molecular complexity index is 402. The van der Waals surface area contributed by atoms with E-state index < -0.39 is 0 Å². The quantitative estimate of drug-likeness (QED) is 0.840. The summed E-state index contributed by atoms with van der Waals surface area (Å²) in [5, 5.41) is 3.67. The van der Waals surface area contributed by atoms with Gasteiger partial charge in [-0.15, -0.1) is 0 Å². The van der Waals surface area contributed by atoms with Gasteiger partial charge in [0.1, 0.15) is 11.9 Å². The van der Waals surface area contributed by atoms with E-state index >= 15 is 0 Å². The van der Waals surface area contributed by atoms with Crippen LogP contribution in [0.1, 0.15) is 52.0 Å². The van der Waals surface area contributed by atoms with Gasteiger partial charge < -0.3 is 10.1 Å². The molecule has 0 saturated heterocycles. The molecule has 1 N–H and O–H groups in total. The summed E-state index contributed by atoms with van der Waals surface area (Å²) < 4.78 is 6.39. The average Bonchev–Trinajstić information content (AvgIpc) is 2.47. The summed E-state index contributed by atoms with van der Waals surface area (Å²) in [5.41, 5.74) is 1.32. The highest BCUT2D eigenvalue weighted by Crippen LogP contribution is 2.29. The van der Waals surface area contributed by atoms with Gasteiger partial charge in [-0.1, -0.05) is 39.0 Å². The van der Waals surface area contributed by atoms with Crippen molar-refractivity contribution in [1.29, 1.82) is 0 Å². The van der Waals surface area contributed by atoms with Crippen LogP contribution in [0, 0.1) is 5.92 Å². The number of rotatable bonds is 6. The van der Waals surface area contributed by atoms with Gasteiger partial charge in [-0.05, 0) is 56.2 Å². The van der Waals surface area contributed by atoms with Gasteiger partial charge in [0, 0.05) is 6.04 Å². The summed E-state index contributed by atoms with van der Waals surface area (Å²) in [6.45, 7) is 7.85. The lowest BCUT2D eigenvalue weighted by molar-refractivity contribution is 0.0900. The van der Waals surface area contributed by atoms with Crippen LogP contribution >= 0.6 is 0 Å². The molecule has 0 heterocycles. The van der Waals surface area contributed by atoms with Crippen LogP contribution in [0.5, 0.6) is 5.75 Å². The van der Waals surface area contributed by atoms with Crippen LogP contribution in [0.4, 0.5) is 0 Å². The lowest BCUT2D eigenvalue weighted by Gasteiger charge is -2.36. The molecule has 3 unspecified atom stereocenters. The Balaban J connectivity index is 2.06. The fraction of sp³-hybridized carbons (Fsp3) is 0.667. The van der Waals surface area contributed by atoms with Crippen molar-refractivity contribution >= 4 is 0 Å². The average molecular weight is 275 g/mol. The van der Waals surface area contributed by atoms with Gasteiger partial charge in [-0.3, -0.25) is 0 Å². The lowest BCUT2D eigenvalue weighted by Crippen LogP contribution is -2.47. The molecule has 2 rings (SSSR count). The van der Waals surface area contributed by atoms with Gasteiger partial charge in [0.15, 0.2) is 0 Å². The zero-order valence-corrected chi connectivity index (χ0v) is 13.2. The summed E-state index contributed by atoms with van der Waals surface area (Å²) in [7, 11) is 0. The van der Waals surface area contributed by atoms with Gasteiger partial charge in [-0.2, -0.15) is 0 Å². The first-order valence-corrected chi connectivity index (χ1v) is 8.22. The van der Waals surface area contributed by atoms with Gasteiger partial charge in [-0.25, -0.2) is 0 Å². The summed E-state index contributed by atoms with van der Waals surface area (Å²) in [5.74, 6) is 1.85. The molecule has 3 atom stereocenters. The van der Waals surface area contributed by atoms with Gasteiger partial charge >= 0.3 is 0 Å². The van der Waals surface area contributed by atoms with Crippen molar-refractivity contribution in [3.8, 4) is 5.75 Å². The predicted molar refractivity (Wildman–Crippen MR) is 85.3 cm³/mol. The van der Waals surface area contributed by atoms with Crippen LogP contribution in [0.15, 0.2) is 24.3 Å². The normalized spacial score (nSPS) is 26.4. The minimum absolute atomic E-state index is 0.318. The molecule has 112 valence electrons. The Morgan fingerprint density at radius 2 is 2.00 bits per heavy atom. The van der Waals surface area contributed by atoms with Crippen molar-refractivity contribution < 1.29 is 4.74 Å². The summed E-state index contributed by atoms with van der Waals surface area (Å²) in [6.07, 6.45) is 6.25. The van der Waals surface area contributed by atoms with Crippen LogP contribution in [0.25, 0.3) is 0 Å². The van der Waals surface area contributed by atoms with E-state index in [0.717, 1.165) is 24.6 Å². The topological polar surface area (TPSA) is 21.3 Å². The smallest absolute Gasteiger partial charge is 0.122 e. The Kier molecular flexibility index (Phi) is 5.90. The molecule has 1 aliphatic rings. The first kappa shape index (κ1) is 15.4.